The molecule has 0 spiro atoms. The molecule has 1 rings (SSSR count). The lowest BCUT2D eigenvalue weighted by molar-refractivity contribution is 0.108. The molecule has 0 saturated carbocycles. The lowest BCUT2D eigenvalue weighted by atomic mass is 10.1. The first-order valence-corrected chi connectivity index (χ1v) is 9.96. The first kappa shape index (κ1) is 19.3. The second-order valence-corrected chi connectivity index (χ2v) is 7.25. The summed E-state index contributed by atoms with van der Waals surface area (Å²) in [5, 5.41) is 0.218. The molecular formula is C20H32OS. The Hall–Kier alpha value is -0.760. The zero-order chi connectivity index (χ0) is 16.0. The molecule has 0 amide bonds. The summed E-state index contributed by atoms with van der Waals surface area (Å²) in [6.07, 6.45) is 13.5. The van der Waals surface area contributed by atoms with Crippen molar-refractivity contribution >= 4 is 16.9 Å². The average Bonchev–Trinajstić information content (AvgIpc) is 2.53. The van der Waals surface area contributed by atoms with E-state index in [1.165, 1.54) is 75.1 Å². The fraction of sp³-hybridized carbons (Fsp3) is 0.650. The molecule has 0 fully saturated rings. The normalized spacial score (nSPS) is 10.8. The Balaban J connectivity index is 1.93. The van der Waals surface area contributed by atoms with Gasteiger partial charge >= 0.3 is 0 Å². The minimum atomic E-state index is 0.218. The third-order valence-electron chi connectivity index (χ3n) is 4.02. The maximum Gasteiger partial charge on any atom is 0.219 e. The van der Waals surface area contributed by atoms with E-state index in [1.807, 2.05) is 31.2 Å². The predicted octanol–water partition coefficient (Wildman–Crippen LogP) is 6.79. The monoisotopic (exact) mass is 320 g/mol. The Kier molecular flexibility index (Phi) is 11.2. The highest BCUT2D eigenvalue weighted by Gasteiger charge is 2.05. The second-order valence-electron chi connectivity index (χ2n) is 6.18. The Bertz CT molecular complexity index is 397. The van der Waals surface area contributed by atoms with Crippen LogP contribution in [-0.4, -0.2) is 10.9 Å². The summed E-state index contributed by atoms with van der Waals surface area (Å²) in [6.45, 7) is 4.31. The van der Waals surface area contributed by atoms with Gasteiger partial charge in [0.05, 0.1) is 0 Å². The van der Waals surface area contributed by atoms with Crippen molar-refractivity contribution in [2.24, 2.45) is 0 Å². The van der Waals surface area contributed by atoms with Gasteiger partial charge in [-0.25, -0.2) is 0 Å². The lowest BCUT2D eigenvalue weighted by Gasteiger charge is -2.03. The van der Waals surface area contributed by atoms with Gasteiger partial charge < -0.3 is 0 Å². The minimum absolute atomic E-state index is 0.218. The maximum absolute atomic E-state index is 12.0. The van der Waals surface area contributed by atoms with Crippen molar-refractivity contribution in [3.63, 3.8) is 0 Å². The summed E-state index contributed by atoms with van der Waals surface area (Å²) in [4.78, 5) is 12.0. The number of carbonyl (C=O) groups excluding carboxylic acids is 1. The van der Waals surface area contributed by atoms with Crippen molar-refractivity contribution in [2.45, 2.75) is 78.1 Å². The molecule has 0 bridgehead atoms. The summed E-state index contributed by atoms with van der Waals surface area (Å²) < 4.78 is 0. The number of hydrogen-bond donors (Lipinski definition) is 0. The smallest absolute Gasteiger partial charge is 0.219 e. The van der Waals surface area contributed by atoms with Gasteiger partial charge in [0.1, 0.15) is 0 Å². The molecule has 0 atom stereocenters. The molecular weight excluding hydrogens is 288 g/mol. The Morgan fingerprint density at radius 3 is 1.86 bits per heavy atom. The molecule has 124 valence electrons. The van der Waals surface area contributed by atoms with E-state index in [4.69, 9.17) is 0 Å². The van der Waals surface area contributed by atoms with Gasteiger partial charge in [0.15, 0.2) is 0 Å². The van der Waals surface area contributed by atoms with E-state index in [0.29, 0.717) is 0 Å². The van der Waals surface area contributed by atoms with Crippen LogP contribution in [0.3, 0.4) is 0 Å². The van der Waals surface area contributed by atoms with Crippen LogP contribution in [0.1, 0.15) is 87.1 Å². The van der Waals surface area contributed by atoms with Crippen LogP contribution in [0.5, 0.6) is 0 Å². The highest BCUT2D eigenvalue weighted by Crippen LogP contribution is 2.16. The van der Waals surface area contributed by atoms with Gasteiger partial charge in [-0.3, -0.25) is 4.79 Å². The van der Waals surface area contributed by atoms with Crippen LogP contribution >= 0.6 is 11.8 Å². The summed E-state index contributed by atoms with van der Waals surface area (Å²) in [5.41, 5.74) is 2.04. The van der Waals surface area contributed by atoms with Gasteiger partial charge in [-0.15, -0.1) is 0 Å². The molecule has 0 aliphatic rings. The zero-order valence-electron chi connectivity index (χ0n) is 14.4. The van der Waals surface area contributed by atoms with E-state index in [2.05, 4.69) is 6.92 Å². The fourth-order valence-electron chi connectivity index (χ4n) is 2.53. The van der Waals surface area contributed by atoms with E-state index < -0.39 is 0 Å². The molecule has 0 radical (unpaired) electrons. The number of thioether (sulfide) groups is 1. The molecule has 0 heterocycles. The van der Waals surface area contributed by atoms with Crippen LogP contribution in [0.15, 0.2) is 24.3 Å². The summed E-state index contributed by atoms with van der Waals surface area (Å²) >= 11 is 1.47. The van der Waals surface area contributed by atoms with Crippen LogP contribution in [-0.2, 0) is 0 Å². The van der Waals surface area contributed by atoms with Crippen molar-refractivity contribution in [2.75, 3.05) is 5.75 Å². The van der Waals surface area contributed by atoms with Crippen molar-refractivity contribution < 1.29 is 4.79 Å². The summed E-state index contributed by atoms with van der Waals surface area (Å²) in [5.74, 6) is 0.962. The minimum Gasteiger partial charge on any atom is -0.282 e. The van der Waals surface area contributed by atoms with Crippen molar-refractivity contribution in [3.05, 3.63) is 35.4 Å². The van der Waals surface area contributed by atoms with Crippen LogP contribution in [0.4, 0.5) is 0 Å². The van der Waals surface area contributed by atoms with Crippen LogP contribution in [0, 0.1) is 6.92 Å². The Morgan fingerprint density at radius 1 is 0.818 bits per heavy atom. The van der Waals surface area contributed by atoms with Crippen molar-refractivity contribution in [1.29, 1.82) is 0 Å². The quantitative estimate of drug-likeness (QED) is 0.394. The second kappa shape index (κ2) is 12.8. The van der Waals surface area contributed by atoms with E-state index in [9.17, 15) is 4.79 Å². The Labute approximate surface area is 141 Å². The number of hydrogen-bond acceptors (Lipinski definition) is 2. The number of aryl methyl sites for hydroxylation is 1. The molecule has 1 aromatic carbocycles. The standard InChI is InChI=1S/C20H32OS/c1-3-4-5-6-7-8-9-10-11-12-17-22-20(21)19-15-13-18(2)14-16-19/h13-16H,3-12,17H2,1-2H3. The SMILES string of the molecule is CCCCCCCCCCCCSC(=O)c1ccc(C)cc1. The zero-order valence-corrected chi connectivity index (χ0v) is 15.2. The van der Waals surface area contributed by atoms with Gasteiger partial charge in [0.25, 0.3) is 0 Å². The topological polar surface area (TPSA) is 17.1 Å². The van der Waals surface area contributed by atoms with Crippen LogP contribution < -0.4 is 0 Å². The molecule has 0 unspecified atom stereocenters. The molecule has 2 heteroatoms. The van der Waals surface area contributed by atoms with E-state index in [1.54, 1.807) is 0 Å². The van der Waals surface area contributed by atoms with Crippen LogP contribution in [0.25, 0.3) is 0 Å². The number of unbranched alkanes of at least 4 members (excludes halogenated alkanes) is 9. The molecule has 0 aromatic heterocycles. The summed E-state index contributed by atoms with van der Waals surface area (Å²) in [7, 11) is 0. The first-order chi connectivity index (χ1) is 10.7. The molecule has 0 saturated heterocycles. The molecule has 0 N–H and O–H groups in total. The summed E-state index contributed by atoms with van der Waals surface area (Å²) in [6, 6.07) is 7.88. The van der Waals surface area contributed by atoms with Gasteiger partial charge in [-0.1, -0.05) is 106 Å². The Morgan fingerprint density at radius 2 is 1.32 bits per heavy atom. The predicted molar refractivity (Wildman–Crippen MR) is 99.8 cm³/mol. The first-order valence-electron chi connectivity index (χ1n) is 8.98. The van der Waals surface area contributed by atoms with Gasteiger partial charge in [-0.2, -0.15) is 0 Å². The number of benzene rings is 1. The number of rotatable bonds is 12. The molecule has 1 aromatic rings. The molecule has 22 heavy (non-hydrogen) atoms. The number of carbonyl (C=O) groups is 1. The van der Waals surface area contributed by atoms with Gasteiger partial charge in [-0.05, 0) is 13.3 Å². The highest BCUT2D eigenvalue weighted by atomic mass is 32.2. The fourth-order valence-corrected chi connectivity index (χ4v) is 3.36. The lowest BCUT2D eigenvalue weighted by Crippen LogP contribution is -1.95. The highest BCUT2D eigenvalue weighted by molar-refractivity contribution is 8.14. The van der Waals surface area contributed by atoms with E-state index in [-0.39, 0.29) is 5.12 Å². The largest absolute Gasteiger partial charge is 0.282 e. The third kappa shape index (κ3) is 9.30. The van der Waals surface area contributed by atoms with E-state index in [0.717, 1.165) is 17.7 Å². The average molecular weight is 321 g/mol. The van der Waals surface area contributed by atoms with Crippen molar-refractivity contribution in [3.8, 4) is 0 Å². The van der Waals surface area contributed by atoms with E-state index >= 15 is 0 Å². The van der Waals surface area contributed by atoms with Gasteiger partial charge in [0.2, 0.25) is 5.12 Å². The third-order valence-corrected chi connectivity index (χ3v) is 5.01. The molecule has 1 nitrogen and oxygen atoms in total. The maximum atomic E-state index is 12.0. The molecule has 0 aliphatic carbocycles. The van der Waals surface area contributed by atoms with Gasteiger partial charge in [0, 0.05) is 11.3 Å². The van der Waals surface area contributed by atoms with Crippen LogP contribution in [0.2, 0.25) is 0 Å². The molecule has 0 aliphatic heterocycles. The van der Waals surface area contributed by atoms with Crippen molar-refractivity contribution in [1.82, 2.24) is 0 Å².